The van der Waals surface area contributed by atoms with E-state index in [1.807, 2.05) is 0 Å². The van der Waals surface area contributed by atoms with E-state index in [4.69, 9.17) is 10.2 Å². The molecule has 4 heteroatoms. The Morgan fingerprint density at radius 3 is 2.00 bits per heavy atom. The average Bonchev–Trinajstić information content (AvgIpc) is 2.55. The van der Waals surface area contributed by atoms with Gasteiger partial charge in [-0.05, 0) is 19.3 Å². The predicted molar refractivity (Wildman–Crippen MR) is 50.0 cm³/mol. The molecule has 0 spiro atoms. The summed E-state index contributed by atoms with van der Waals surface area (Å²) in [7, 11) is 0. The third-order valence-electron chi connectivity index (χ3n) is 3.12. The van der Waals surface area contributed by atoms with Crippen molar-refractivity contribution in [1.29, 1.82) is 0 Å². The SMILES string of the molecule is CC(CC1CCCC1)(C(=O)O)C(=O)O. The predicted octanol–water partition coefficient (Wildman–Crippen LogP) is 1.74. The summed E-state index contributed by atoms with van der Waals surface area (Å²) in [6, 6.07) is 0. The minimum Gasteiger partial charge on any atom is -0.480 e. The summed E-state index contributed by atoms with van der Waals surface area (Å²) in [5, 5.41) is 17.8. The lowest BCUT2D eigenvalue weighted by Crippen LogP contribution is -2.37. The van der Waals surface area contributed by atoms with Gasteiger partial charge in [-0.2, -0.15) is 0 Å². The van der Waals surface area contributed by atoms with Crippen LogP contribution >= 0.6 is 0 Å². The summed E-state index contributed by atoms with van der Waals surface area (Å²) in [6.07, 6.45) is 4.39. The molecule has 2 N–H and O–H groups in total. The molecule has 0 bridgehead atoms. The number of rotatable bonds is 4. The fourth-order valence-electron chi connectivity index (χ4n) is 2.06. The molecule has 0 aromatic heterocycles. The van der Waals surface area contributed by atoms with Crippen molar-refractivity contribution in [3.05, 3.63) is 0 Å². The summed E-state index contributed by atoms with van der Waals surface area (Å²) in [4.78, 5) is 21.7. The van der Waals surface area contributed by atoms with Crippen LogP contribution in [0.5, 0.6) is 0 Å². The number of hydrogen-bond acceptors (Lipinski definition) is 2. The second kappa shape index (κ2) is 3.98. The first-order valence-corrected chi connectivity index (χ1v) is 4.93. The highest BCUT2D eigenvalue weighted by molar-refractivity contribution is 5.97. The van der Waals surface area contributed by atoms with Crippen LogP contribution < -0.4 is 0 Å². The van der Waals surface area contributed by atoms with Crippen molar-refractivity contribution < 1.29 is 19.8 Å². The van der Waals surface area contributed by atoms with Crippen LogP contribution in [0.15, 0.2) is 0 Å². The highest BCUT2D eigenvalue weighted by atomic mass is 16.4. The number of carbonyl (C=O) groups is 2. The zero-order chi connectivity index (χ0) is 10.8. The Morgan fingerprint density at radius 1 is 1.21 bits per heavy atom. The second-order valence-corrected chi connectivity index (χ2v) is 4.30. The van der Waals surface area contributed by atoms with Gasteiger partial charge >= 0.3 is 11.9 Å². The maximum Gasteiger partial charge on any atom is 0.320 e. The van der Waals surface area contributed by atoms with Gasteiger partial charge < -0.3 is 10.2 Å². The van der Waals surface area contributed by atoms with E-state index in [9.17, 15) is 9.59 Å². The normalized spacial score (nSPS) is 18.4. The summed E-state index contributed by atoms with van der Waals surface area (Å²) in [5.41, 5.74) is -1.60. The van der Waals surface area contributed by atoms with Gasteiger partial charge in [0.1, 0.15) is 0 Å². The molecular formula is C10H16O4. The molecule has 0 atom stereocenters. The Labute approximate surface area is 82.9 Å². The van der Waals surface area contributed by atoms with Crippen LogP contribution in [-0.2, 0) is 9.59 Å². The molecule has 0 heterocycles. The third kappa shape index (κ3) is 2.05. The van der Waals surface area contributed by atoms with Gasteiger partial charge in [-0.3, -0.25) is 9.59 Å². The molecule has 1 aliphatic carbocycles. The summed E-state index contributed by atoms with van der Waals surface area (Å²) in [6.45, 7) is 1.30. The van der Waals surface area contributed by atoms with E-state index >= 15 is 0 Å². The van der Waals surface area contributed by atoms with Gasteiger partial charge in [0.25, 0.3) is 0 Å². The molecule has 4 nitrogen and oxygen atoms in total. The summed E-state index contributed by atoms with van der Waals surface area (Å²) < 4.78 is 0. The molecule has 0 aromatic carbocycles. The van der Waals surface area contributed by atoms with E-state index in [-0.39, 0.29) is 12.3 Å². The Balaban J connectivity index is 2.68. The van der Waals surface area contributed by atoms with Gasteiger partial charge in [0.2, 0.25) is 0 Å². The van der Waals surface area contributed by atoms with Crippen LogP contribution in [0.1, 0.15) is 39.0 Å². The standard InChI is InChI=1S/C10H16O4/c1-10(8(11)12,9(13)14)6-7-4-2-3-5-7/h7H,2-6H2,1H3,(H,11,12)(H,13,14). The van der Waals surface area contributed by atoms with Crippen molar-refractivity contribution in [2.75, 3.05) is 0 Å². The van der Waals surface area contributed by atoms with Crippen molar-refractivity contribution in [3.8, 4) is 0 Å². The highest BCUT2D eigenvalue weighted by Crippen LogP contribution is 2.36. The first kappa shape index (κ1) is 11.0. The lowest BCUT2D eigenvalue weighted by atomic mass is 9.80. The maximum absolute atomic E-state index is 10.9. The fourth-order valence-corrected chi connectivity index (χ4v) is 2.06. The topological polar surface area (TPSA) is 74.6 Å². The van der Waals surface area contributed by atoms with E-state index < -0.39 is 17.4 Å². The van der Waals surface area contributed by atoms with Crippen LogP contribution in [0.2, 0.25) is 0 Å². The largest absolute Gasteiger partial charge is 0.480 e. The van der Waals surface area contributed by atoms with Crippen molar-refractivity contribution >= 4 is 11.9 Å². The molecule has 0 unspecified atom stereocenters. The van der Waals surface area contributed by atoms with Gasteiger partial charge in [-0.25, -0.2) is 0 Å². The number of hydrogen-bond donors (Lipinski definition) is 2. The summed E-state index contributed by atoms with van der Waals surface area (Å²) >= 11 is 0. The van der Waals surface area contributed by atoms with Crippen molar-refractivity contribution in [2.24, 2.45) is 11.3 Å². The first-order chi connectivity index (χ1) is 6.47. The summed E-state index contributed by atoms with van der Waals surface area (Å²) in [5.74, 6) is -2.18. The quantitative estimate of drug-likeness (QED) is 0.678. The zero-order valence-corrected chi connectivity index (χ0v) is 8.32. The Morgan fingerprint density at radius 2 is 1.64 bits per heavy atom. The molecule has 1 rings (SSSR count). The van der Waals surface area contributed by atoms with Gasteiger partial charge in [-0.1, -0.05) is 25.7 Å². The third-order valence-corrected chi connectivity index (χ3v) is 3.12. The van der Waals surface area contributed by atoms with Crippen LogP contribution in [0.3, 0.4) is 0 Å². The Hall–Kier alpha value is -1.06. The minimum absolute atomic E-state index is 0.262. The first-order valence-electron chi connectivity index (χ1n) is 4.93. The van der Waals surface area contributed by atoms with Gasteiger partial charge in [0, 0.05) is 0 Å². The monoisotopic (exact) mass is 200 g/mol. The van der Waals surface area contributed by atoms with E-state index in [1.54, 1.807) is 0 Å². The smallest absolute Gasteiger partial charge is 0.320 e. The van der Waals surface area contributed by atoms with Crippen molar-refractivity contribution in [3.63, 3.8) is 0 Å². The van der Waals surface area contributed by atoms with Crippen LogP contribution in [0.25, 0.3) is 0 Å². The number of aliphatic carboxylic acids is 2. The van der Waals surface area contributed by atoms with Gasteiger partial charge in [-0.15, -0.1) is 0 Å². The van der Waals surface area contributed by atoms with E-state index in [2.05, 4.69) is 0 Å². The van der Waals surface area contributed by atoms with E-state index in [0.717, 1.165) is 25.7 Å². The Kier molecular flexibility index (Phi) is 3.13. The fraction of sp³-hybridized carbons (Fsp3) is 0.800. The van der Waals surface area contributed by atoms with Crippen LogP contribution in [0.4, 0.5) is 0 Å². The van der Waals surface area contributed by atoms with E-state index in [0.29, 0.717) is 0 Å². The molecule has 80 valence electrons. The van der Waals surface area contributed by atoms with Crippen LogP contribution in [-0.4, -0.2) is 22.2 Å². The molecule has 0 amide bonds. The minimum atomic E-state index is -1.60. The molecular weight excluding hydrogens is 184 g/mol. The number of carboxylic acids is 2. The van der Waals surface area contributed by atoms with Crippen molar-refractivity contribution in [2.45, 2.75) is 39.0 Å². The lowest BCUT2D eigenvalue weighted by molar-refractivity contribution is -0.164. The Bertz CT molecular complexity index is 227. The molecule has 0 aromatic rings. The highest BCUT2D eigenvalue weighted by Gasteiger charge is 2.43. The zero-order valence-electron chi connectivity index (χ0n) is 8.32. The molecule has 1 saturated carbocycles. The molecule has 14 heavy (non-hydrogen) atoms. The molecule has 0 radical (unpaired) electrons. The average molecular weight is 200 g/mol. The van der Waals surface area contributed by atoms with Gasteiger partial charge in [0.05, 0.1) is 0 Å². The lowest BCUT2D eigenvalue weighted by Gasteiger charge is -2.22. The second-order valence-electron chi connectivity index (χ2n) is 4.30. The van der Waals surface area contributed by atoms with Crippen molar-refractivity contribution in [1.82, 2.24) is 0 Å². The number of carboxylic acid groups (broad SMARTS) is 2. The van der Waals surface area contributed by atoms with Gasteiger partial charge in [0.15, 0.2) is 5.41 Å². The van der Waals surface area contributed by atoms with Crippen LogP contribution in [0, 0.1) is 11.3 Å². The van der Waals surface area contributed by atoms with E-state index in [1.165, 1.54) is 6.92 Å². The molecule has 0 aliphatic heterocycles. The molecule has 1 fully saturated rings. The molecule has 1 aliphatic rings. The molecule has 0 saturated heterocycles. The maximum atomic E-state index is 10.9.